The Labute approximate surface area is 213 Å². The van der Waals surface area contributed by atoms with Crippen LogP contribution in [0, 0.1) is 16.7 Å². The maximum atomic E-state index is 15.4. The Morgan fingerprint density at radius 2 is 1.78 bits per heavy atom. The number of amides is 2. The second kappa shape index (κ2) is 9.82. The smallest absolute Gasteiger partial charge is 0.408 e. The molecule has 2 amide bonds. The minimum atomic E-state index is -4.29. The number of sulfonamides is 1. The SMILES string of the molecule is CCOP(=O)(OCC)C(F)C[C@H](NC(=O)OC(C)(C)C)C(=O)N1[C@H]2C[C@@H]3CC[C@@]2(CS1(=O)=O)C3(C)C. The van der Waals surface area contributed by atoms with Crippen molar-refractivity contribution in [2.24, 2.45) is 16.7 Å². The zero-order valence-corrected chi connectivity index (χ0v) is 23.9. The molecule has 2 saturated carbocycles. The van der Waals surface area contributed by atoms with E-state index < -0.39 is 65.1 Å². The van der Waals surface area contributed by atoms with E-state index in [1.54, 1.807) is 20.8 Å². The number of nitrogens with zero attached hydrogens (tertiary/aromatic N) is 1. The fourth-order valence-electron chi connectivity index (χ4n) is 6.29. The van der Waals surface area contributed by atoms with E-state index in [4.69, 9.17) is 13.8 Å². The molecule has 0 aromatic heterocycles. The highest BCUT2D eigenvalue weighted by atomic mass is 32.2. The highest BCUT2D eigenvalue weighted by Gasteiger charge is 2.72. The molecule has 13 heteroatoms. The Morgan fingerprint density at radius 1 is 1.19 bits per heavy atom. The van der Waals surface area contributed by atoms with Gasteiger partial charge in [0.05, 0.1) is 25.0 Å². The van der Waals surface area contributed by atoms with Crippen molar-refractivity contribution >= 4 is 29.6 Å². The molecule has 1 heterocycles. The maximum Gasteiger partial charge on any atom is 0.408 e. The van der Waals surface area contributed by atoms with Crippen LogP contribution in [-0.2, 0) is 33.2 Å². The fourth-order valence-corrected chi connectivity index (χ4v) is 10.4. The summed E-state index contributed by atoms with van der Waals surface area (Å²) >= 11 is 0. The van der Waals surface area contributed by atoms with E-state index in [0.29, 0.717) is 12.8 Å². The molecule has 0 aromatic carbocycles. The minimum Gasteiger partial charge on any atom is -0.444 e. The number of hydrogen-bond acceptors (Lipinski definition) is 8. The van der Waals surface area contributed by atoms with Crippen molar-refractivity contribution < 1.29 is 40.7 Å². The van der Waals surface area contributed by atoms with Gasteiger partial charge < -0.3 is 19.1 Å². The summed E-state index contributed by atoms with van der Waals surface area (Å²) in [5.74, 6) is -3.16. The van der Waals surface area contributed by atoms with Crippen LogP contribution in [0.2, 0.25) is 0 Å². The monoisotopic (exact) mass is 554 g/mol. The molecule has 2 aliphatic carbocycles. The molecule has 2 bridgehead atoms. The number of hydrogen-bond donors (Lipinski definition) is 1. The number of nitrogens with one attached hydrogen (secondary N) is 1. The van der Waals surface area contributed by atoms with Gasteiger partial charge in [0, 0.05) is 11.8 Å². The lowest BCUT2D eigenvalue weighted by molar-refractivity contribution is -0.131. The van der Waals surface area contributed by atoms with Crippen LogP contribution >= 0.6 is 7.60 Å². The van der Waals surface area contributed by atoms with Crippen molar-refractivity contribution in [3.63, 3.8) is 0 Å². The van der Waals surface area contributed by atoms with Gasteiger partial charge >= 0.3 is 13.7 Å². The molecule has 0 radical (unpaired) electrons. The zero-order valence-electron chi connectivity index (χ0n) is 22.2. The normalized spacial score (nSPS) is 30.1. The van der Waals surface area contributed by atoms with Crippen molar-refractivity contribution in [2.45, 2.75) is 97.7 Å². The van der Waals surface area contributed by atoms with Gasteiger partial charge in [0.25, 0.3) is 5.91 Å². The van der Waals surface area contributed by atoms with Gasteiger partial charge in [0.15, 0.2) is 0 Å². The van der Waals surface area contributed by atoms with Gasteiger partial charge in [0.1, 0.15) is 11.6 Å². The third-order valence-electron chi connectivity index (χ3n) is 8.01. The first-order valence-corrected chi connectivity index (χ1v) is 15.7. The first-order valence-electron chi connectivity index (χ1n) is 12.5. The fraction of sp³-hybridized carbons (Fsp3) is 0.913. The molecule has 3 aliphatic rings. The summed E-state index contributed by atoms with van der Waals surface area (Å²) in [4.78, 5) is 26.4. The molecule has 208 valence electrons. The molecule has 1 N–H and O–H groups in total. The molecule has 1 spiro atoms. The Balaban J connectivity index is 1.94. The summed E-state index contributed by atoms with van der Waals surface area (Å²) in [5.41, 5.74) is -1.79. The molecule has 1 aliphatic heterocycles. The van der Waals surface area contributed by atoms with E-state index >= 15 is 4.39 Å². The average Bonchev–Trinajstić information content (AvgIpc) is 3.19. The van der Waals surface area contributed by atoms with E-state index in [0.717, 1.165) is 10.7 Å². The summed E-state index contributed by atoms with van der Waals surface area (Å²) < 4.78 is 71.4. The maximum absolute atomic E-state index is 15.4. The summed E-state index contributed by atoms with van der Waals surface area (Å²) in [6, 6.07) is -2.23. The molecule has 1 unspecified atom stereocenters. The third kappa shape index (κ3) is 5.07. The van der Waals surface area contributed by atoms with Crippen LogP contribution < -0.4 is 5.32 Å². The molecule has 36 heavy (non-hydrogen) atoms. The van der Waals surface area contributed by atoms with Crippen molar-refractivity contribution in [1.29, 1.82) is 0 Å². The number of halogens is 1. The highest BCUT2D eigenvalue weighted by molar-refractivity contribution is 7.90. The Morgan fingerprint density at radius 3 is 2.28 bits per heavy atom. The van der Waals surface area contributed by atoms with Crippen molar-refractivity contribution in [2.75, 3.05) is 19.0 Å². The van der Waals surface area contributed by atoms with Crippen molar-refractivity contribution in [1.82, 2.24) is 9.62 Å². The number of ether oxygens (including phenoxy) is 1. The first-order chi connectivity index (χ1) is 16.4. The van der Waals surface area contributed by atoms with Crippen LogP contribution in [0.15, 0.2) is 0 Å². The number of alkyl carbamates (subject to hydrolysis) is 1. The zero-order chi connectivity index (χ0) is 27.3. The first kappa shape index (κ1) is 29.3. The van der Waals surface area contributed by atoms with E-state index in [9.17, 15) is 22.6 Å². The summed E-state index contributed by atoms with van der Waals surface area (Å²) in [7, 11) is -8.32. The average molecular weight is 555 g/mol. The van der Waals surface area contributed by atoms with Crippen LogP contribution in [0.4, 0.5) is 9.18 Å². The van der Waals surface area contributed by atoms with Gasteiger partial charge in [-0.3, -0.25) is 9.36 Å². The van der Waals surface area contributed by atoms with E-state index in [1.165, 1.54) is 13.8 Å². The van der Waals surface area contributed by atoms with Gasteiger partial charge in [0.2, 0.25) is 15.9 Å². The quantitative estimate of drug-likeness (QED) is 0.420. The van der Waals surface area contributed by atoms with Crippen LogP contribution in [0.25, 0.3) is 0 Å². The largest absolute Gasteiger partial charge is 0.444 e. The van der Waals surface area contributed by atoms with Crippen LogP contribution in [0.5, 0.6) is 0 Å². The standard InChI is InChI=1S/C23H40FN2O8PS/c1-8-32-35(29,33-9-2)18(24)13-16(25-20(28)34-21(3,4)5)19(27)26-17-12-15-10-11-23(17,22(15,6)7)14-36(26,30)31/h15-18H,8-14H2,1-7H3,(H,25,28)/t15-,16-,17-,18?,23-/m0/s1. The van der Waals surface area contributed by atoms with Gasteiger partial charge in [-0.05, 0) is 65.2 Å². The molecule has 3 rings (SSSR count). The number of alkyl halides is 1. The number of fused-ring (bicyclic) bond motifs is 1. The van der Waals surface area contributed by atoms with Gasteiger partial charge in [-0.15, -0.1) is 0 Å². The lowest BCUT2D eigenvalue weighted by atomic mass is 9.69. The summed E-state index contributed by atoms with van der Waals surface area (Å²) in [6.45, 7) is 11.8. The van der Waals surface area contributed by atoms with Crippen LogP contribution in [0.1, 0.15) is 74.1 Å². The lowest BCUT2D eigenvalue weighted by Gasteiger charge is -2.37. The third-order valence-corrected chi connectivity index (χ3v) is 12.1. The van der Waals surface area contributed by atoms with Crippen molar-refractivity contribution in [3.05, 3.63) is 0 Å². The Kier molecular flexibility index (Phi) is 8.00. The number of carbonyl (C=O) groups is 2. The van der Waals surface area contributed by atoms with Gasteiger partial charge in [-0.2, -0.15) is 0 Å². The number of rotatable bonds is 9. The topological polar surface area (TPSA) is 128 Å². The molecule has 10 nitrogen and oxygen atoms in total. The molecule has 3 fully saturated rings. The predicted molar refractivity (Wildman–Crippen MR) is 132 cm³/mol. The Bertz CT molecular complexity index is 1020. The van der Waals surface area contributed by atoms with E-state index in [2.05, 4.69) is 5.32 Å². The number of carbonyl (C=O) groups excluding carboxylic acids is 2. The lowest BCUT2D eigenvalue weighted by Crippen LogP contribution is -2.54. The van der Waals surface area contributed by atoms with Gasteiger partial charge in [-0.1, -0.05) is 13.8 Å². The predicted octanol–water partition coefficient (Wildman–Crippen LogP) is 4.20. The Hall–Kier alpha value is -1.23. The molecular weight excluding hydrogens is 514 g/mol. The molecule has 0 aromatic rings. The molecule has 5 atom stereocenters. The minimum absolute atomic E-state index is 0.0998. The second-order valence-corrected chi connectivity index (χ2v) is 15.5. The van der Waals surface area contributed by atoms with Crippen LogP contribution in [-0.4, -0.2) is 67.3 Å². The van der Waals surface area contributed by atoms with E-state index in [-0.39, 0.29) is 30.3 Å². The summed E-state index contributed by atoms with van der Waals surface area (Å²) in [5, 5.41) is 2.33. The van der Waals surface area contributed by atoms with Crippen LogP contribution in [0.3, 0.4) is 0 Å². The van der Waals surface area contributed by atoms with E-state index in [1.807, 2.05) is 13.8 Å². The van der Waals surface area contributed by atoms with Crippen molar-refractivity contribution in [3.8, 4) is 0 Å². The summed E-state index contributed by atoms with van der Waals surface area (Å²) in [6.07, 6.45) is 0.271. The second-order valence-electron chi connectivity index (χ2n) is 11.5. The molecular formula is C23H40FN2O8PS. The molecule has 1 saturated heterocycles. The highest BCUT2D eigenvalue weighted by Crippen LogP contribution is 2.70. The van der Waals surface area contributed by atoms with Gasteiger partial charge in [-0.25, -0.2) is 21.9 Å².